The fourth-order valence-electron chi connectivity index (χ4n) is 1.94. The Morgan fingerprint density at radius 1 is 1.00 bits per heavy atom. The molecule has 4 heteroatoms. The average Bonchev–Trinajstić information content (AvgIpc) is 2.54. The normalized spacial score (nSPS) is 10.1. The maximum atomic E-state index is 11.8. The zero-order valence-corrected chi connectivity index (χ0v) is 11.8. The number of rotatable bonds is 7. The van der Waals surface area contributed by atoms with Crippen LogP contribution in [0.1, 0.15) is 17.5 Å². The van der Waals surface area contributed by atoms with Crippen LogP contribution >= 0.6 is 0 Å². The number of ether oxygens (including phenoxy) is 1. The molecule has 0 bridgehead atoms. The first-order chi connectivity index (χ1) is 10.3. The van der Waals surface area contributed by atoms with E-state index in [4.69, 9.17) is 4.74 Å². The number of aliphatic hydroxyl groups is 1. The number of amides is 1. The summed E-state index contributed by atoms with van der Waals surface area (Å²) in [5.41, 5.74) is 1.76. The molecular formula is C17H19NO3. The van der Waals surface area contributed by atoms with Gasteiger partial charge in [0, 0.05) is 6.54 Å². The zero-order valence-electron chi connectivity index (χ0n) is 11.8. The average molecular weight is 285 g/mol. The molecular weight excluding hydrogens is 266 g/mol. The van der Waals surface area contributed by atoms with E-state index in [-0.39, 0.29) is 12.5 Å². The molecule has 2 rings (SSSR count). The van der Waals surface area contributed by atoms with Crippen molar-refractivity contribution in [2.45, 2.75) is 19.6 Å². The number of nitrogens with one attached hydrogen (secondary N) is 1. The third kappa shape index (κ3) is 4.93. The van der Waals surface area contributed by atoms with E-state index in [0.717, 1.165) is 16.9 Å². The summed E-state index contributed by atoms with van der Waals surface area (Å²) >= 11 is 0. The fourth-order valence-corrected chi connectivity index (χ4v) is 1.94. The highest BCUT2D eigenvalue weighted by molar-refractivity contribution is 5.76. The molecule has 0 heterocycles. The topological polar surface area (TPSA) is 58.6 Å². The van der Waals surface area contributed by atoms with Gasteiger partial charge in [-0.1, -0.05) is 42.5 Å². The third-order valence-corrected chi connectivity index (χ3v) is 3.11. The highest BCUT2D eigenvalue weighted by atomic mass is 16.5. The zero-order chi connectivity index (χ0) is 14.9. The lowest BCUT2D eigenvalue weighted by Gasteiger charge is -2.09. The molecule has 0 spiro atoms. The molecule has 0 fully saturated rings. The maximum absolute atomic E-state index is 11.8. The Balaban J connectivity index is 1.72. The number of hydrogen-bond donors (Lipinski definition) is 2. The fraction of sp³-hybridized carbons (Fsp3) is 0.235. The second-order valence-electron chi connectivity index (χ2n) is 4.62. The highest BCUT2D eigenvalue weighted by Gasteiger charge is 2.04. The molecule has 2 N–H and O–H groups in total. The van der Waals surface area contributed by atoms with Crippen LogP contribution in [0.5, 0.6) is 5.75 Å². The van der Waals surface area contributed by atoms with Crippen molar-refractivity contribution in [2.75, 3.05) is 6.61 Å². The first-order valence-electron chi connectivity index (χ1n) is 6.92. The molecule has 0 radical (unpaired) electrons. The summed E-state index contributed by atoms with van der Waals surface area (Å²) in [6, 6.07) is 16.9. The lowest BCUT2D eigenvalue weighted by atomic mass is 10.1. The summed E-state index contributed by atoms with van der Waals surface area (Å²) in [5.74, 6) is 0.689. The molecule has 2 aromatic rings. The summed E-state index contributed by atoms with van der Waals surface area (Å²) in [6.07, 6.45) is 0.302. The van der Waals surface area contributed by atoms with Crippen molar-refractivity contribution < 1.29 is 14.6 Å². The van der Waals surface area contributed by atoms with Gasteiger partial charge in [0.05, 0.1) is 19.6 Å². The molecule has 0 aliphatic carbocycles. The monoisotopic (exact) mass is 285 g/mol. The predicted molar refractivity (Wildman–Crippen MR) is 80.8 cm³/mol. The summed E-state index contributed by atoms with van der Waals surface area (Å²) < 4.78 is 5.47. The first kappa shape index (κ1) is 15.1. The smallest absolute Gasteiger partial charge is 0.223 e. The summed E-state index contributed by atoms with van der Waals surface area (Å²) in [5, 5.41) is 12.0. The van der Waals surface area contributed by atoms with Crippen LogP contribution in [-0.4, -0.2) is 17.6 Å². The van der Waals surface area contributed by atoms with E-state index in [1.165, 1.54) is 0 Å². The molecule has 0 atom stereocenters. The quantitative estimate of drug-likeness (QED) is 0.820. The standard InChI is InChI=1S/C17H19NO3/c19-13-15-7-5-4-6-14(15)12-18-17(20)10-11-21-16-8-2-1-3-9-16/h1-9,19H,10-13H2,(H,18,20). The van der Waals surface area contributed by atoms with Crippen LogP contribution < -0.4 is 10.1 Å². The minimum absolute atomic E-state index is 0.0246. The molecule has 21 heavy (non-hydrogen) atoms. The molecule has 110 valence electrons. The summed E-state index contributed by atoms with van der Waals surface area (Å²) in [7, 11) is 0. The van der Waals surface area contributed by atoms with Gasteiger partial charge >= 0.3 is 0 Å². The lowest BCUT2D eigenvalue weighted by molar-refractivity contribution is -0.121. The second-order valence-corrected chi connectivity index (χ2v) is 4.62. The first-order valence-corrected chi connectivity index (χ1v) is 6.92. The van der Waals surface area contributed by atoms with Gasteiger partial charge in [-0.15, -0.1) is 0 Å². The van der Waals surface area contributed by atoms with Crippen molar-refractivity contribution in [2.24, 2.45) is 0 Å². The molecule has 0 aliphatic rings. The van der Waals surface area contributed by atoms with Crippen molar-refractivity contribution in [1.82, 2.24) is 5.32 Å². The Morgan fingerprint density at radius 2 is 1.67 bits per heavy atom. The van der Waals surface area contributed by atoms with E-state index >= 15 is 0 Å². The predicted octanol–water partition coefficient (Wildman–Crippen LogP) is 2.26. The minimum Gasteiger partial charge on any atom is -0.493 e. The Hall–Kier alpha value is -2.33. The number of carbonyl (C=O) groups is 1. The van der Waals surface area contributed by atoms with Gasteiger partial charge in [0.2, 0.25) is 5.91 Å². The van der Waals surface area contributed by atoms with Gasteiger partial charge in [-0.05, 0) is 23.3 Å². The van der Waals surface area contributed by atoms with Crippen LogP contribution in [-0.2, 0) is 17.9 Å². The van der Waals surface area contributed by atoms with E-state index in [9.17, 15) is 9.90 Å². The Bertz CT molecular complexity index is 569. The van der Waals surface area contributed by atoms with E-state index in [1.807, 2.05) is 54.6 Å². The van der Waals surface area contributed by atoms with Crippen LogP contribution in [0.2, 0.25) is 0 Å². The van der Waals surface area contributed by atoms with E-state index in [0.29, 0.717) is 19.6 Å². The van der Waals surface area contributed by atoms with Crippen LogP contribution in [0.4, 0.5) is 0 Å². The van der Waals surface area contributed by atoms with Crippen molar-refractivity contribution in [3.63, 3.8) is 0 Å². The molecule has 1 amide bonds. The molecule has 0 aliphatic heterocycles. The van der Waals surface area contributed by atoms with Gasteiger partial charge in [-0.2, -0.15) is 0 Å². The number of carbonyl (C=O) groups excluding carboxylic acids is 1. The summed E-state index contributed by atoms with van der Waals surface area (Å²) in [4.78, 5) is 11.8. The molecule has 0 saturated heterocycles. The maximum Gasteiger partial charge on any atom is 0.223 e. The minimum atomic E-state index is -0.0707. The number of aliphatic hydroxyl groups excluding tert-OH is 1. The van der Waals surface area contributed by atoms with Crippen molar-refractivity contribution >= 4 is 5.91 Å². The Kier molecular flexibility index (Phi) is 5.79. The molecule has 0 saturated carbocycles. The Morgan fingerprint density at radius 3 is 2.38 bits per heavy atom. The Labute approximate surface area is 124 Å². The molecule has 2 aromatic carbocycles. The van der Waals surface area contributed by atoms with Crippen molar-refractivity contribution in [3.05, 3.63) is 65.7 Å². The van der Waals surface area contributed by atoms with Crippen LogP contribution in [0.3, 0.4) is 0 Å². The number of para-hydroxylation sites is 1. The number of benzene rings is 2. The lowest BCUT2D eigenvalue weighted by Crippen LogP contribution is -2.25. The van der Waals surface area contributed by atoms with E-state index < -0.39 is 0 Å². The van der Waals surface area contributed by atoms with Crippen LogP contribution in [0.25, 0.3) is 0 Å². The third-order valence-electron chi connectivity index (χ3n) is 3.11. The van der Waals surface area contributed by atoms with Gasteiger partial charge < -0.3 is 15.2 Å². The molecule has 0 unspecified atom stereocenters. The molecule has 0 aromatic heterocycles. The van der Waals surface area contributed by atoms with Crippen LogP contribution in [0.15, 0.2) is 54.6 Å². The van der Waals surface area contributed by atoms with E-state index in [1.54, 1.807) is 0 Å². The van der Waals surface area contributed by atoms with Gasteiger partial charge in [0.25, 0.3) is 0 Å². The SMILES string of the molecule is O=C(CCOc1ccccc1)NCc1ccccc1CO. The summed E-state index contributed by atoms with van der Waals surface area (Å²) in [6.45, 7) is 0.738. The largest absolute Gasteiger partial charge is 0.493 e. The number of hydrogen-bond acceptors (Lipinski definition) is 3. The van der Waals surface area contributed by atoms with Crippen molar-refractivity contribution in [1.29, 1.82) is 0 Å². The van der Waals surface area contributed by atoms with Crippen molar-refractivity contribution in [3.8, 4) is 5.75 Å². The van der Waals surface area contributed by atoms with Gasteiger partial charge in [0.15, 0.2) is 0 Å². The second kappa shape index (κ2) is 8.07. The van der Waals surface area contributed by atoms with Gasteiger partial charge in [0.1, 0.15) is 5.75 Å². The van der Waals surface area contributed by atoms with E-state index in [2.05, 4.69) is 5.32 Å². The highest BCUT2D eigenvalue weighted by Crippen LogP contribution is 2.09. The van der Waals surface area contributed by atoms with Crippen LogP contribution in [0, 0.1) is 0 Å². The molecule has 4 nitrogen and oxygen atoms in total. The van der Waals surface area contributed by atoms with Gasteiger partial charge in [-0.3, -0.25) is 4.79 Å². The van der Waals surface area contributed by atoms with Gasteiger partial charge in [-0.25, -0.2) is 0 Å².